The van der Waals surface area contributed by atoms with Crippen molar-refractivity contribution in [3.63, 3.8) is 0 Å². The van der Waals surface area contributed by atoms with Crippen molar-refractivity contribution in [2.24, 2.45) is 0 Å². The van der Waals surface area contributed by atoms with Crippen LogP contribution in [0.15, 0.2) is 48.5 Å². The van der Waals surface area contributed by atoms with Gasteiger partial charge in [-0.3, -0.25) is 4.79 Å². The summed E-state index contributed by atoms with van der Waals surface area (Å²) in [5.74, 6) is -1.36. The lowest BCUT2D eigenvalue weighted by Crippen LogP contribution is -2.16. The molecule has 4 nitrogen and oxygen atoms in total. The Morgan fingerprint density at radius 1 is 1.05 bits per heavy atom. The molecule has 0 bridgehead atoms. The van der Waals surface area contributed by atoms with Crippen molar-refractivity contribution in [2.45, 2.75) is 6.42 Å². The monoisotopic (exact) mass is 289 g/mol. The minimum atomic E-state index is -1.05. The number of halogens is 1. The average Bonchev–Trinajstić information content (AvgIpc) is 2.41. The van der Waals surface area contributed by atoms with Crippen molar-refractivity contribution in [3.8, 4) is 0 Å². The molecular formula is C15H12ClNO3. The highest BCUT2D eigenvalue weighted by molar-refractivity contribution is 6.33. The Balaban J connectivity index is 2.13. The molecule has 1 amide bonds. The van der Waals surface area contributed by atoms with Gasteiger partial charge in [0, 0.05) is 0 Å². The van der Waals surface area contributed by atoms with E-state index in [4.69, 9.17) is 16.7 Å². The molecule has 0 saturated heterocycles. The number of amides is 1. The minimum absolute atomic E-state index is 0.0201. The van der Waals surface area contributed by atoms with E-state index in [2.05, 4.69) is 5.32 Å². The molecule has 0 aliphatic rings. The molecule has 0 aliphatic carbocycles. The highest BCUT2D eigenvalue weighted by Gasteiger charge is 2.13. The van der Waals surface area contributed by atoms with E-state index in [1.165, 1.54) is 6.07 Å². The Kier molecular flexibility index (Phi) is 4.38. The van der Waals surface area contributed by atoms with Crippen LogP contribution >= 0.6 is 11.6 Å². The van der Waals surface area contributed by atoms with Crippen LogP contribution in [-0.4, -0.2) is 17.0 Å². The number of rotatable bonds is 4. The Hall–Kier alpha value is -2.33. The quantitative estimate of drug-likeness (QED) is 0.908. The lowest BCUT2D eigenvalue weighted by Gasteiger charge is -2.08. The number of carboxylic acids is 1. The lowest BCUT2D eigenvalue weighted by molar-refractivity contribution is -0.115. The van der Waals surface area contributed by atoms with Crippen molar-refractivity contribution in [3.05, 3.63) is 64.7 Å². The fourth-order valence-electron chi connectivity index (χ4n) is 1.81. The van der Waals surface area contributed by atoms with E-state index < -0.39 is 5.97 Å². The van der Waals surface area contributed by atoms with Crippen molar-refractivity contribution >= 4 is 29.2 Å². The molecule has 0 spiro atoms. The molecule has 0 fully saturated rings. The minimum Gasteiger partial charge on any atom is -0.478 e. The normalized spacial score (nSPS) is 10.1. The van der Waals surface area contributed by atoms with Crippen molar-refractivity contribution in [1.82, 2.24) is 0 Å². The molecule has 2 aromatic rings. The van der Waals surface area contributed by atoms with Crippen molar-refractivity contribution in [1.29, 1.82) is 0 Å². The van der Waals surface area contributed by atoms with Gasteiger partial charge in [0.05, 0.1) is 22.7 Å². The maximum atomic E-state index is 11.9. The molecule has 0 atom stereocenters. The fourth-order valence-corrected chi connectivity index (χ4v) is 2.00. The Bertz CT molecular complexity index is 655. The molecule has 0 unspecified atom stereocenters. The highest BCUT2D eigenvalue weighted by Crippen LogP contribution is 2.20. The zero-order valence-electron chi connectivity index (χ0n) is 10.5. The smallest absolute Gasteiger partial charge is 0.335 e. The van der Waals surface area contributed by atoms with Gasteiger partial charge in [-0.05, 0) is 23.8 Å². The van der Waals surface area contributed by atoms with Crippen LogP contribution in [0.3, 0.4) is 0 Å². The van der Waals surface area contributed by atoms with Gasteiger partial charge in [0.2, 0.25) is 5.91 Å². The number of nitrogens with one attached hydrogen (secondary N) is 1. The van der Waals surface area contributed by atoms with Crippen LogP contribution in [0.1, 0.15) is 15.9 Å². The number of hydrogen-bond donors (Lipinski definition) is 2. The van der Waals surface area contributed by atoms with E-state index in [0.29, 0.717) is 16.3 Å². The molecule has 20 heavy (non-hydrogen) atoms. The van der Waals surface area contributed by atoms with E-state index in [9.17, 15) is 9.59 Å². The molecule has 2 aromatic carbocycles. The number of carbonyl (C=O) groups excluding carboxylic acids is 1. The van der Waals surface area contributed by atoms with Crippen LogP contribution in [-0.2, 0) is 11.2 Å². The number of carboxylic acid groups (broad SMARTS) is 1. The molecule has 0 heterocycles. The molecule has 0 saturated carbocycles. The van der Waals surface area contributed by atoms with Gasteiger partial charge < -0.3 is 10.4 Å². The first kappa shape index (κ1) is 14.1. The summed E-state index contributed by atoms with van der Waals surface area (Å²) in [5.41, 5.74) is 1.10. The third-order valence-electron chi connectivity index (χ3n) is 2.75. The molecule has 5 heteroatoms. The standard InChI is InChI=1S/C15H12ClNO3/c16-12-7-3-4-8-13(12)17-14(18)9-10-5-1-2-6-11(10)15(19)20/h1-8H,9H2,(H,17,18)(H,19,20). The van der Waals surface area contributed by atoms with E-state index in [0.717, 1.165) is 0 Å². The van der Waals surface area contributed by atoms with E-state index in [1.807, 2.05) is 0 Å². The Morgan fingerprint density at radius 2 is 1.70 bits per heavy atom. The third-order valence-corrected chi connectivity index (χ3v) is 3.08. The van der Waals surface area contributed by atoms with Gasteiger partial charge in [-0.25, -0.2) is 4.79 Å². The lowest BCUT2D eigenvalue weighted by atomic mass is 10.0. The predicted octanol–water partition coefficient (Wildman–Crippen LogP) is 3.22. The SMILES string of the molecule is O=C(Cc1ccccc1C(=O)O)Nc1ccccc1Cl. The zero-order chi connectivity index (χ0) is 14.5. The van der Waals surface area contributed by atoms with E-state index in [-0.39, 0.29) is 17.9 Å². The molecule has 2 rings (SSSR count). The maximum absolute atomic E-state index is 11.9. The summed E-state index contributed by atoms with van der Waals surface area (Å²) >= 11 is 5.94. The van der Waals surface area contributed by atoms with Gasteiger partial charge >= 0.3 is 5.97 Å². The van der Waals surface area contributed by atoms with Gasteiger partial charge in [-0.1, -0.05) is 41.9 Å². The predicted molar refractivity (Wildman–Crippen MR) is 77.2 cm³/mol. The third kappa shape index (κ3) is 3.36. The molecule has 0 aliphatic heterocycles. The van der Waals surface area contributed by atoms with Crippen LogP contribution < -0.4 is 5.32 Å². The number of aromatic carboxylic acids is 1. The van der Waals surface area contributed by atoms with Gasteiger partial charge in [0.1, 0.15) is 0 Å². The summed E-state index contributed by atoms with van der Waals surface area (Å²) in [5, 5.41) is 12.2. The summed E-state index contributed by atoms with van der Waals surface area (Å²) in [7, 11) is 0. The first-order valence-corrected chi connectivity index (χ1v) is 6.31. The zero-order valence-corrected chi connectivity index (χ0v) is 11.2. The second kappa shape index (κ2) is 6.21. The number of hydrogen-bond acceptors (Lipinski definition) is 2. The van der Waals surface area contributed by atoms with Crippen LogP contribution in [0.2, 0.25) is 5.02 Å². The fraction of sp³-hybridized carbons (Fsp3) is 0.0667. The first-order valence-electron chi connectivity index (χ1n) is 5.93. The van der Waals surface area contributed by atoms with Crippen LogP contribution in [0, 0.1) is 0 Å². The highest BCUT2D eigenvalue weighted by atomic mass is 35.5. The van der Waals surface area contributed by atoms with Crippen molar-refractivity contribution in [2.75, 3.05) is 5.32 Å². The summed E-state index contributed by atoms with van der Waals surface area (Å²) in [6, 6.07) is 13.3. The summed E-state index contributed by atoms with van der Waals surface area (Å²) in [4.78, 5) is 23.0. The Labute approximate surface area is 121 Å². The Morgan fingerprint density at radius 3 is 2.40 bits per heavy atom. The van der Waals surface area contributed by atoms with Gasteiger partial charge in [-0.2, -0.15) is 0 Å². The number of anilines is 1. The molecule has 0 radical (unpaired) electrons. The molecule has 102 valence electrons. The second-order valence-corrected chi connectivity index (χ2v) is 4.57. The largest absolute Gasteiger partial charge is 0.478 e. The average molecular weight is 290 g/mol. The van der Waals surface area contributed by atoms with Crippen molar-refractivity contribution < 1.29 is 14.7 Å². The maximum Gasteiger partial charge on any atom is 0.335 e. The van der Waals surface area contributed by atoms with Gasteiger partial charge in [0.25, 0.3) is 0 Å². The molecule has 0 aromatic heterocycles. The molecular weight excluding hydrogens is 278 g/mol. The topological polar surface area (TPSA) is 66.4 Å². The van der Waals surface area contributed by atoms with E-state index in [1.54, 1.807) is 42.5 Å². The van der Waals surface area contributed by atoms with Crippen LogP contribution in [0.4, 0.5) is 5.69 Å². The summed E-state index contributed by atoms with van der Waals surface area (Å²) < 4.78 is 0. The van der Waals surface area contributed by atoms with Crippen LogP contribution in [0.25, 0.3) is 0 Å². The van der Waals surface area contributed by atoms with Gasteiger partial charge in [-0.15, -0.1) is 0 Å². The second-order valence-electron chi connectivity index (χ2n) is 4.17. The number of carbonyl (C=O) groups is 2. The van der Waals surface area contributed by atoms with Gasteiger partial charge in [0.15, 0.2) is 0 Å². The summed E-state index contributed by atoms with van der Waals surface area (Å²) in [6.07, 6.45) is -0.0201. The first-order chi connectivity index (χ1) is 9.58. The van der Waals surface area contributed by atoms with E-state index >= 15 is 0 Å². The summed E-state index contributed by atoms with van der Waals surface area (Å²) in [6.45, 7) is 0. The number of para-hydroxylation sites is 1. The molecule has 2 N–H and O–H groups in total. The number of benzene rings is 2. The van der Waals surface area contributed by atoms with Crippen LogP contribution in [0.5, 0.6) is 0 Å².